The van der Waals surface area contributed by atoms with E-state index in [1.165, 1.54) is 23.8 Å². The van der Waals surface area contributed by atoms with E-state index >= 15 is 0 Å². The molecule has 3 aromatic rings. The lowest BCUT2D eigenvalue weighted by atomic mass is 10.0. The van der Waals surface area contributed by atoms with Crippen molar-refractivity contribution in [3.05, 3.63) is 72.1 Å². The zero-order chi connectivity index (χ0) is 22.2. The maximum atomic E-state index is 5.68. The van der Waals surface area contributed by atoms with Crippen LogP contribution in [-0.4, -0.2) is 49.1 Å². The van der Waals surface area contributed by atoms with Gasteiger partial charge in [-0.2, -0.15) is 0 Å². The van der Waals surface area contributed by atoms with Gasteiger partial charge in [-0.1, -0.05) is 42.5 Å². The molecule has 0 radical (unpaired) electrons. The second-order valence-corrected chi connectivity index (χ2v) is 8.06. The Bertz CT molecular complexity index is 1050. The van der Waals surface area contributed by atoms with Gasteiger partial charge >= 0.3 is 0 Å². The average Bonchev–Trinajstić information content (AvgIpc) is 3.37. The minimum atomic E-state index is 0. The molecule has 4 rings (SSSR count). The molecule has 33 heavy (non-hydrogen) atoms. The molecule has 176 valence electrons. The number of hydrogen-bond acceptors (Lipinski definition) is 4. The maximum Gasteiger partial charge on any atom is 0.191 e. The molecule has 1 aliphatic rings. The average molecular weight is 559 g/mol. The summed E-state index contributed by atoms with van der Waals surface area (Å²) in [5, 5.41) is 9.31. The summed E-state index contributed by atoms with van der Waals surface area (Å²) in [6.07, 6.45) is 4.34. The predicted octanol–water partition coefficient (Wildman–Crippen LogP) is 4.75. The molecular formula is C26H34IN5O. The maximum absolute atomic E-state index is 5.68. The number of ether oxygens (including phenoxy) is 1. The van der Waals surface area contributed by atoms with Crippen LogP contribution in [0.5, 0.6) is 5.75 Å². The van der Waals surface area contributed by atoms with Crippen LogP contribution in [0.1, 0.15) is 37.1 Å². The van der Waals surface area contributed by atoms with Gasteiger partial charge in [-0.3, -0.25) is 9.88 Å². The molecule has 1 atom stereocenters. The number of halogens is 1. The van der Waals surface area contributed by atoms with Gasteiger partial charge in [0.15, 0.2) is 5.96 Å². The van der Waals surface area contributed by atoms with Crippen LogP contribution >= 0.6 is 24.0 Å². The van der Waals surface area contributed by atoms with Crippen LogP contribution in [0.3, 0.4) is 0 Å². The summed E-state index contributed by atoms with van der Waals surface area (Å²) in [5.41, 5.74) is 2.21. The topological polar surface area (TPSA) is 61.8 Å². The number of nitrogens with one attached hydrogen (secondary N) is 2. The first kappa shape index (κ1) is 25.2. The number of aliphatic imine (C=N–C) groups is 1. The standard InChI is InChI=1S/C26H33N5O.HI/c1-3-27-26(29-18-23-21-11-5-4-10-20(21)14-15-28-23)30-19-24(31-16-8-9-17-31)22-12-6-7-13-25(22)32-2;/h4-7,10-15,24H,3,8-9,16-19H2,1-2H3,(H2,27,29,30);1H. The lowest BCUT2D eigenvalue weighted by molar-refractivity contribution is 0.239. The number of pyridine rings is 1. The van der Waals surface area contributed by atoms with Crippen LogP contribution in [0.4, 0.5) is 0 Å². The summed E-state index contributed by atoms with van der Waals surface area (Å²) >= 11 is 0. The lowest BCUT2D eigenvalue weighted by Crippen LogP contribution is -2.42. The minimum absolute atomic E-state index is 0. The molecule has 0 bridgehead atoms. The number of guanidine groups is 1. The van der Waals surface area contributed by atoms with Gasteiger partial charge in [0.2, 0.25) is 0 Å². The van der Waals surface area contributed by atoms with Crippen LogP contribution in [0, 0.1) is 0 Å². The summed E-state index contributed by atoms with van der Waals surface area (Å²) < 4.78 is 5.68. The zero-order valence-corrected chi connectivity index (χ0v) is 21.8. The summed E-state index contributed by atoms with van der Waals surface area (Å²) in [6, 6.07) is 18.9. The first-order valence-corrected chi connectivity index (χ1v) is 11.5. The third-order valence-electron chi connectivity index (χ3n) is 6.03. The fraction of sp³-hybridized carbons (Fsp3) is 0.385. The van der Waals surface area contributed by atoms with E-state index in [0.29, 0.717) is 6.54 Å². The first-order valence-electron chi connectivity index (χ1n) is 11.5. The molecule has 2 N–H and O–H groups in total. The van der Waals surface area contributed by atoms with E-state index in [1.54, 1.807) is 7.11 Å². The number of benzene rings is 2. The molecule has 2 heterocycles. The molecule has 0 aliphatic carbocycles. The Balaban J connectivity index is 0.00000306. The van der Waals surface area contributed by atoms with Crippen LogP contribution in [0.15, 0.2) is 65.8 Å². The Morgan fingerprint density at radius 3 is 2.61 bits per heavy atom. The van der Waals surface area contributed by atoms with Gasteiger partial charge in [-0.15, -0.1) is 24.0 Å². The molecule has 7 heteroatoms. The third-order valence-corrected chi connectivity index (χ3v) is 6.03. The van der Waals surface area contributed by atoms with Gasteiger partial charge in [0.25, 0.3) is 0 Å². The smallest absolute Gasteiger partial charge is 0.191 e. The Kier molecular flexibility index (Phi) is 9.75. The lowest BCUT2D eigenvalue weighted by Gasteiger charge is -2.30. The molecule has 1 fully saturated rings. The largest absolute Gasteiger partial charge is 0.496 e. The number of rotatable bonds is 8. The number of para-hydroxylation sites is 1. The van der Waals surface area contributed by atoms with E-state index in [4.69, 9.17) is 9.73 Å². The predicted molar refractivity (Wildman–Crippen MR) is 147 cm³/mol. The molecule has 0 spiro atoms. The fourth-order valence-corrected chi connectivity index (χ4v) is 4.43. The molecular weight excluding hydrogens is 525 g/mol. The van der Waals surface area contributed by atoms with E-state index in [1.807, 2.05) is 24.4 Å². The number of methoxy groups -OCH3 is 1. The van der Waals surface area contributed by atoms with E-state index in [0.717, 1.165) is 49.0 Å². The van der Waals surface area contributed by atoms with E-state index in [2.05, 4.69) is 63.8 Å². The second kappa shape index (κ2) is 12.7. The van der Waals surface area contributed by atoms with Crippen molar-refractivity contribution in [2.24, 2.45) is 4.99 Å². The first-order chi connectivity index (χ1) is 15.8. The normalized spacial score (nSPS) is 15.2. The molecule has 0 saturated carbocycles. The highest BCUT2D eigenvalue weighted by atomic mass is 127. The van der Waals surface area contributed by atoms with Gasteiger partial charge in [0.1, 0.15) is 5.75 Å². The van der Waals surface area contributed by atoms with Crippen LogP contribution in [0.25, 0.3) is 10.8 Å². The number of likely N-dealkylation sites (tertiary alicyclic amines) is 1. The van der Waals surface area contributed by atoms with Gasteiger partial charge in [-0.25, -0.2) is 4.99 Å². The van der Waals surface area contributed by atoms with Crippen molar-refractivity contribution >= 4 is 40.7 Å². The molecule has 1 saturated heterocycles. The highest BCUT2D eigenvalue weighted by Gasteiger charge is 2.26. The highest BCUT2D eigenvalue weighted by molar-refractivity contribution is 14.0. The minimum Gasteiger partial charge on any atom is -0.496 e. The summed E-state index contributed by atoms with van der Waals surface area (Å²) in [7, 11) is 1.75. The Labute approximate surface area is 213 Å². The molecule has 2 aromatic carbocycles. The Morgan fingerprint density at radius 1 is 1.06 bits per heavy atom. The molecule has 1 aromatic heterocycles. The van der Waals surface area contributed by atoms with Crippen LogP contribution in [-0.2, 0) is 6.54 Å². The third kappa shape index (κ3) is 6.35. The van der Waals surface area contributed by atoms with E-state index in [9.17, 15) is 0 Å². The van der Waals surface area contributed by atoms with Gasteiger partial charge in [0, 0.05) is 30.2 Å². The van der Waals surface area contributed by atoms with E-state index < -0.39 is 0 Å². The Morgan fingerprint density at radius 2 is 1.82 bits per heavy atom. The monoisotopic (exact) mass is 559 g/mol. The van der Waals surface area contributed by atoms with Gasteiger partial charge < -0.3 is 15.4 Å². The van der Waals surface area contributed by atoms with Crippen molar-refractivity contribution in [1.82, 2.24) is 20.5 Å². The van der Waals surface area contributed by atoms with E-state index in [-0.39, 0.29) is 30.0 Å². The molecule has 6 nitrogen and oxygen atoms in total. The van der Waals surface area contributed by atoms with Crippen molar-refractivity contribution < 1.29 is 4.74 Å². The number of aromatic nitrogens is 1. The number of nitrogens with zero attached hydrogens (tertiary/aromatic N) is 3. The van der Waals surface area contributed by atoms with Crippen molar-refractivity contribution in [3.8, 4) is 5.75 Å². The highest BCUT2D eigenvalue weighted by Crippen LogP contribution is 2.31. The number of fused-ring (bicyclic) bond motifs is 1. The van der Waals surface area contributed by atoms with Gasteiger partial charge in [0.05, 0.1) is 25.4 Å². The SMILES string of the molecule is CCNC(=NCc1nccc2ccccc12)NCC(c1ccccc1OC)N1CCCC1.I. The zero-order valence-electron chi connectivity index (χ0n) is 19.5. The van der Waals surface area contributed by atoms with Crippen LogP contribution < -0.4 is 15.4 Å². The number of hydrogen-bond donors (Lipinski definition) is 2. The summed E-state index contributed by atoms with van der Waals surface area (Å²) in [5.74, 6) is 1.74. The van der Waals surface area contributed by atoms with Crippen LogP contribution in [0.2, 0.25) is 0 Å². The summed E-state index contributed by atoms with van der Waals surface area (Å²) in [4.78, 5) is 12.0. The van der Waals surface area contributed by atoms with Gasteiger partial charge in [-0.05, 0) is 50.4 Å². The molecule has 1 unspecified atom stereocenters. The second-order valence-electron chi connectivity index (χ2n) is 8.06. The Hall–Kier alpha value is -2.39. The van der Waals surface area contributed by atoms with Crippen molar-refractivity contribution in [3.63, 3.8) is 0 Å². The molecule has 1 aliphatic heterocycles. The van der Waals surface area contributed by atoms with Crippen molar-refractivity contribution in [2.75, 3.05) is 33.3 Å². The quantitative estimate of drug-likeness (QED) is 0.237. The summed E-state index contributed by atoms with van der Waals surface area (Å²) in [6.45, 7) is 6.40. The molecule has 0 amide bonds. The van der Waals surface area contributed by atoms with Crippen molar-refractivity contribution in [1.29, 1.82) is 0 Å². The van der Waals surface area contributed by atoms with Crippen molar-refractivity contribution in [2.45, 2.75) is 32.4 Å². The fourth-order valence-electron chi connectivity index (χ4n) is 4.43.